The first-order valence-corrected chi connectivity index (χ1v) is 13.4. The molecular weight excluding hydrogens is 473 g/mol. The molecule has 8 nitrogen and oxygen atoms in total. The number of benzene rings is 2. The van der Waals surface area contributed by atoms with Crippen molar-refractivity contribution in [2.45, 2.75) is 45.7 Å². The fourth-order valence-electron chi connectivity index (χ4n) is 3.60. The second-order valence-corrected chi connectivity index (χ2v) is 10.1. The van der Waals surface area contributed by atoms with Crippen molar-refractivity contribution in [2.75, 3.05) is 30.8 Å². The molecule has 0 radical (unpaired) electrons. The number of rotatable bonds is 13. The third kappa shape index (κ3) is 7.95. The Kier molecular flexibility index (Phi) is 10.5. The highest BCUT2D eigenvalue weighted by molar-refractivity contribution is 7.92. The van der Waals surface area contributed by atoms with E-state index in [0.717, 1.165) is 35.0 Å². The van der Waals surface area contributed by atoms with Gasteiger partial charge in [0.25, 0.3) is 0 Å². The average Bonchev–Trinajstić information content (AvgIpc) is 2.82. The molecule has 0 spiro atoms. The lowest BCUT2D eigenvalue weighted by Gasteiger charge is -2.33. The van der Waals surface area contributed by atoms with Crippen LogP contribution in [0.4, 0.5) is 10.1 Å². The predicted molar refractivity (Wildman–Crippen MR) is 134 cm³/mol. The number of para-hydroxylation sites is 1. The van der Waals surface area contributed by atoms with Gasteiger partial charge in [0.15, 0.2) is 0 Å². The van der Waals surface area contributed by atoms with Gasteiger partial charge in [-0.15, -0.1) is 0 Å². The summed E-state index contributed by atoms with van der Waals surface area (Å²) in [5.41, 5.74) is 0.504. The van der Waals surface area contributed by atoms with Crippen LogP contribution in [0.15, 0.2) is 48.5 Å². The van der Waals surface area contributed by atoms with Crippen molar-refractivity contribution in [2.24, 2.45) is 0 Å². The fourth-order valence-corrected chi connectivity index (χ4v) is 4.45. The number of anilines is 1. The molecule has 1 atom stereocenters. The summed E-state index contributed by atoms with van der Waals surface area (Å²) in [6, 6.07) is 11.5. The predicted octanol–water partition coefficient (Wildman–Crippen LogP) is 3.32. The lowest BCUT2D eigenvalue weighted by atomic mass is 10.1. The minimum atomic E-state index is -3.99. The van der Waals surface area contributed by atoms with E-state index < -0.39 is 34.3 Å². The van der Waals surface area contributed by atoms with Gasteiger partial charge in [-0.1, -0.05) is 44.5 Å². The molecule has 0 unspecified atom stereocenters. The number of hydrogen-bond acceptors (Lipinski definition) is 5. The molecule has 0 aliphatic rings. The molecular formula is C25H34FN3O5S. The summed E-state index contributed by atoms with van der Waals surface area (Å²) < 4.78 is 45.4. The van der Waals surface area contributed by atoms with Crippen LogP contribution < -0.4 is 14.4 Å². The average molecular weight is 508 g/mol. The number of nitrogens with zero attached hydrogens (tertiary/aromatic N) is 2. The van der Waals surface area contributed by atoms with Crippen LogP contribution in [-0.2, 0) is 26.2 Å². The summed E-state index contributed by atoms with van der Waals surface area (Å²) in [6.45, 7) is 3.68. The van der Waals surface area contributed by atoms with Gasteiger partial charge in [0.1, 0.15) is 24.2 Å². The van der Waals surface area contributed by atoms with Crippen LogP contribution in [-0.4, -0.2) is 57.6 Å². The van der Waals surface area contributed by atoms with Crippen LogP contribution in [0.25, 0.3) is 0 Å². The number of amides is 2. The van der Waals surface area contributed by atoms with E-state index in [4.69, 9.17) is 4.74 Å². The summed E-state index contributed by atoms with van der Waals surface area (Å²) >= 11 is 0. The Labute approximate surface area is 207 Å². The molecule has 0 fully saturated rings. The second kappa shape index (κ2) is 13.1. The van der Waals surface area contributed by atoms with Gasteiger partial charge < -0.3 is 15.0 Å². The van der Waals surface area contributed by atoms with E-state index in [2.05, 4.69) is 5.32 Å². The molecule has 0 heterocycles. The fraction of sp³-hybridized carbons (Fsp3) is 0.440. The van der Waals surface area contributed by atoms with Crippen LogP contribution in [0.1, 0.15) is 38.7 Å². The summed E-state index contributed by atoms with van der Waals surface area (Å²) in [6.07, 6.45) is 2.93. The Morgan fingerprint density at radius 3 is 2.29 bits per heavy atom. The number of ether oxygens (including phenoxy) is 1. The smallest absolute Gasteiger partial charge is 0.244 e. The molecule has 0 saturated heterocycles. The molecule has 1 N–H and O–H groups in total. The van der Waals surface area contributed by atoms with Gasteiger partial charge in [-0.3, -0.25) is 13.9 Å². The summed E-state index contributed by atoms with van der Waals surface area (Å²) in [7, 11) is -2.45. The zero-order valence-electron chi connectivity index (χ0n) is 20.7. The van der Waals surface area contributed by atoms with Crippen LogP contribution in [0.2, 0.25) is 0 Å². The minimum Gasteiger partial charge on any atom is -0.497 e. The summed E-state index contributed by atoms with van der Waals surface area (Å²) in [5.74, 6) is -1.07. The molecule has 0 aliphatic carbocycles. The standard InChI is InChI=1S/C25H34FN3O5S/c1-5-7-16-27-25(31)22(6-2)28(17-19-12-14-20(34-3)15-13-19)24(30)18-29(35(4,32)33)23-11-9-8-10-21(23)26/h8-15,22H,5-7,16-18H2,1-4H3,(H,27,31)/t22-/m0/s1. The minimum absolute atomic E-state index is 0.0669. The third-order valence-electron chi connectivity index (χ3n) is 5.53. The van der Waals surface area contributed by atoms with Crippen molar-refractivity contribution < 1.29 is 27.1 Å². The Balaban J connectivity index is 2.41. The lowest BCUT2D eigenvalue weighted by molar-refractivity contribution is -0.140. The highest BCUT2D eigenvalue weighted by Gasteiger charge is 2.32. The first-order valence-electron chi connectivity index (χ1n) is 11.5. The molecule has 35 heavy (non-hydrogen) atoms. The van der Waals surface area contributed by atoms with Crippen LogP contribution in [0, 0.1) is 5.82 Å². The maximum absolute atomic E-state index is 14.5. The number of sulfonamides is 1. The van der Waals surface area contributed by atoms with Crippen molar-refractivity contribution in [1.82, 2.24) is 10.2 Å². The Bertz CT molecular complexity index is 1090. The van der Waals surface area contributed by atoms with Crippen molar-refractivity contribution in [3.05, 3.63) is 59.9 Å². The zero-order chi connectivity index (χ0) is 26.0. The van der Waals surface area contributed by atoms with Crippen molar-refractivity contribution in [1.29, 1.82) is 0 Å². The van der Waals surface area contributed by atoms with Gasteiger partial charge in [0.2, 0.25) is 21.8 Å². The molecule has 0 bridgehead atoms. The monoisotopic (exact) mass is 507 g/mol. The number of unbranched alkanes of at least 4 members (excludes halogenated alkanes) is 1. The summed E-state index contributed by atoms with van der Waals surface area (Å²) in [4.78, 5) is 27.9. The Morgan fingerprint density at radius 2 is 1.74 bits per heavy atom. The maximum atomic E-state index is 14.5. The van der Waals surface area contributed by atoms with Crippen LogP contribution >= 0.6 is 0 Å². The van der Waals surface area contributed by atoms with Gasteiger partial charge in [0.05, 0.1) is 19.1 Å². The highest BCUT2D eigenvalue weighted by Crippen LogP contribution is 2.23. The maximum Gasteiger partial charge on any atom is 0.244 e. The quantitative estimate of drug-likeness (QED) is 0.420. The molecule has 10 heteroatoms. The normalized spacial score (nSPS) is 12.0. The lowest BCUT2D eigenvalue weighted by Crippen LogP contribution is -2.52. The number of carbonyl (C=O) groups is 2. The SMILES string of the molecule is CCCCNC(=O)[C@H](CC)N(Cc1ccc(OC)cc1)C(=O)CN(c1ccccc1F)S(C)(=O)=O. The number of carbonyl (C=O) groups excluding carboxylic acids is 2. The highest BCUT2D eigenvalue weighted by atomic mass is 32.2. The van der Waals surface area contributed by atoms with Crippen molar-refractivity contribution in [3.8, 4) is 5.75 Å². The number of halogens is 1. The van der Waals surface area contributed by atoms with E-state index in [0.29, 0.717) is 18.7 Å². The van der Waals surface area contributed by atoms with Gasteiger partial charge in [-0.25, -0.2) is 12.8 Å². The van der Waals surface area contributed by atoms with E-state index in [9.17, 15) is 22.4 Å². The molecule has 2 aromatic carbocycles. The van der Waals surface area contributed by atoms with Gasteiger partial charge >= 0.3 is 0 Å². The molecule has 2 amide bonds. The van der Waals surface area contributed by atoms with E-state index in [-0.39, 0.29) is 18.1 Å². The van der Waals surface area contributed by atoms with Gasteiger partial charge in [-0.05, 0) is 42.7 Å². The first kappa shape index (κ1) is 28.1. The summed E-state index contributed by atoms with van der Waals surface area (Å²) in [5, 5.41) is 2.85. The number of methoxy groups -OCH3 is 1. The molecule has 2 aromatic rings. The van der Waals surface area contributed by atoms with E-state index in [1.54, 1.807) is 38.3 Å². The van der Waals surface area contributed by atoms with Crippen molar-refractivity contribution >= 4 is 27.5 Å². The molecule has 2 rings (SSSR count). The van der Waals surface area contributed by atoms with Gasteiger partial charge in [-0.2, -0.15) is 0 Å². The van der Waals surface area contributed by atoms with Crippen LogP contribution in [0.3, 0.4) is 0 Å². The molecule has 0 aliphatic heterocycles. The Morgan fingerprint density at radius 1 is 1.09 bits per heavy atom. The van der Waals surface area contributed by atoms with E-state index in [1.807, 2.05) is 6.92 Å². The molecule has 192 valence electrons. The largest absolute Gasteiger partial charge is 0.497 e. The Hall–Kier alpha value is -3.14. The first-order chi connectivity index (χ1) is 16.6. The van der Waals surface area contributed by atoms with Gasteiger partial charge in [0, 0.05) is 13.1 Å². The van der Waals surface area contributed by atoms with Crippen LogP contribution in [0.5, 0.6) is 5.75 Å². The molecule has 0 saturated carbocycles. The second-order valence-electron chi connectivity index (χ2n) is 8.16. The van der Waals surface area contributed by atoms with Crippen molar-refractivity contribution in [3.63, 3.8) is 0 Å². The zero-order valence-corrected chi connectivity index (χ0v) is 21.5. The topological polar surface area (TPSA) is 96.0 Å². The third-order valence-corrected chi connectivity index (χ3v) is 6.65. The number of hydrogen-bond donors (Lipinski definition) is 1. The molecule has 0 aromatic heterocycles. The van der Waals surface area contributed by atoms with E-state index >= 15 is 0 Å². The van der Waals surface area contributed by atoms with E-state index in [1.165, 1.54) is 23.1 Å². The number of nitrogens with one attached hydrogen (secondary N) is 1.